The molecule has 5 nitrogen and oxygen atoms in total. The number of carbonyl (C=O) groups is 2. The van der Waals surface area contributed by atoms with Crippen LogP contribution in [0.4, 0.5) is 4.79 Å². The zero-order valence-corrected chi connectivity index (χ0v) is 13.3. The van der Waals surface area contributed by atoms with Gasteiger partial charge in [-0.15, -0.1) is 0 Å². The number of rotatable bonds is 2. The first-order valence-electron chi connectivity index (χ1n) is 8.02. The fraction of sp³-hybridized carbons (Fsp3) is 0.875. The summed E-state index contributed by atoms with van der Waals surface area (Å²) >= 11 is 0. The fourth-order valence-electron chi connectivity index (χ4n) is 3.71. The maximum Gasteiger partial charge on any atom is 0.411 e. The quantitative estimate of drug-likeness (QED) is 0.849. The monoisotopic (exact) mass is 297 g/mol. The van der Waals surface area contributed by atoms with Crippen molar-refractivity contribution < 1.29 is 19.4 Å². The van der Waals surface area contributed by atoms with Gasteiger partial charge in [0.2, 0.25) is 0 Å². The third-order valence-electron chi connectivity index (χ3n) is 4.58. The minimum Gasteiger partial charge on any atom is -0.480 e. The van der Waals surface area contributed by atoms with E-state index in [1.165, 1.54) is 24.2 Å². The van der Waals surface area contributed by atoms with Crippen molar-refractivity contribution in [3.8, 4) is 0 Å². The van der Waals surface area contributed by atoms with Gasteiger partial charge in [-0.25, -0.2) is 9.59 Å². The molecule has 0 unspecified atom stereocenters. The lowest BCUT2D eigenvalue weighted by Crippen LogP contribution is -2.46. The Morgan fingerprint density at radius 2 is 1.71 bits per heavy atom. The number of carbonyl (C=O) groups excluding carboxylic acids is 1. The largest absolute Gasteiger partial charge is 0.480 e. The lowest BCUT2D eigenvalue weighted by atomic mass is 9.76. The number of carboxylic acid groups (broad SMARTS) is 1. The molecule has 0 bridgehead atoms. The first-order chi connectivity index (χ1) is 9.79. The Kier molecular flexibility index (Phi) is 4.79. The van der Waals surface area contributed by atoms with Crippen molar-refractivity contribution in [2.75, 3.05) is 6.54 Å². The number of carboxylic acids is 1. The summed E-state index contributed by atoms with van der Waals surface area (Å²) in [5.41, 5.74) is -0.594. The van der Waals surface area contributed by atoms with Gasteiger partial charge in [-0.05, 0) is 39.0 Å². The Balaban J connectivity index is 2.09. The molecular weight excluding hydrogens is 270 g/mol. The molecule has 1 heterocycles. The first-order valence-corrected chi connectivity index (χ1v) is 8.02. The predicted molar refractivity (Wildman–Crippen MR) is 79.0 cm³/mol. The number of ether oxygens (including phenoxy) is 1. The molecule has 0 aromatic heterocycles. The van der Waals surface area contributed by atoms with Crippen LogP contribution in [0.5, 0.6) is 0 Å². The third-order valence-corrected chi connectivity index (χ3v) is 4.58. The first kappa shape index (κ1) is 16.1. The molecule has 1 saturated heterocycles. The molecule has 2 rings (SSSR count). The van der Waals surface area contributed by atoms with Gasteiger partial charge in [0.25, 0.3) is 0 Å². The van der Waals surface area contributed by atoms with E-state index >= 15 is 0 Å². The summed E-state index contributed by atoms with van der Waals surface area (Å²) in [7, 11) is 0. The van der Waals surface area contributed by atoms with Crippen LogP contribution in [0.15, 0.2) is 0 Å². The second kappa shape index (κ2) is 6.24. The number of hydrogen-bond donors (Lipinski definition) is 1. The highest BCUT2D eigenvalue weighted by Crippen LogP contribution is 2.39. The molecule has 1 N–H and O–H groups in total. The van der Waals surface area contributed by atoms with Crippen LogP contribution in [0.3, 0.4) is 0 Å². The molecule has 0 aromatic carbocycles. The Bertz CT molecular complexity index is 396. The summed E-state index contributed by atoms with van der Waals surface area (Å²) in [5.74, 6) is -0.378. The molecule has 1 amide bonds. The van der Waals surface area contributed by atoms with Crippen molar-refractivity contribution in [2.45, 2.75) is 70.9 Å². The van der Waals surface area contributed by atoms with Crippen LogP contribution in [-0.4, -0.2) is 40.3 Å². The minimum atomic E-state index is -0.895. The standard InChI is InChI=1S/C16H27NO4/c1-16(2,3)21-15(20)17-10-9-12(13(17)14(18)19)11-7-5-4-6-8-11/h11-13H,4-10H2,1-3H3,(H,18,19)/t12-,13-/m0/s1. The summed E-state index contributed by atoms with van der Waals surface area (Å²) in [5, 5.41) is 9.58. The van der Waals surface area contributed by atoms with Crippen LogP contribution >= 0.6 is 0 Å². The number of hydrogen-bond acceptors (Lipinski definition) is 3. The average Bonchev–Trinajstić information content (AvgIpc) is 2.82. The molecule has 1 aliphatic carbocycles. The van der Waals surface area contributed by atoms with Crippen LogP contribution in [0.1, 0.15) is 59.3 Å². The van der Waals surface area contributed by atoms with Gasteiger partial charge in [-0.3, -0.25) is 4.90 Å². The molecule has 2 atom stereocenters. The molecule has 2 fully saturated rings. The second-order valence-electron chi connectivity index (χ2n) is 7.31. The van der Waals surface area contributed by atoms with Crippen molar-refractivity contribution in [3.63, 3.8) is 0 Å². The molecule has 0 aromatic rings. The van der Waals surface area contributed by atoms with Gasteiger partial charge in [-0.2, -0.15) is 0 Å². The number of aliphatic carboxylic acids is 1. The van der Waals surface area contributed by atoms with Gasteiger partial charge >= 0.3 is 12.1 Å². The van der Waals surface area contributed by atoms with Gasteiger partial charge in [0.05, 0.1) is 0 Å². The van der Waals surface area contributed by atoms with Crippen LogP contribution in [0.25, 0.3) is 0 Å². The van der Waals surface area contributed by atoms with Gasteiger partial charge in [0.1, 0.15) is 11.6 Å². The normalized spacial score (nSPS) is 27.7. The molecule has 0 radical (unpaired) electrons. The van der Waals surface area contributed by atoms with Crippen molar-refractivity contribution in [3.05, 3.63) is 0 Å². The van der Waals surface area contributed by atoms with E-state index in [9.17, 15) is 14.7 Å². The maximum atomic E-state index is 12.2. The van der Waals surface area contributed by atoms with E-state index in [1.807, 2.05) is 0 Å². The molecule has 2 aliphatic rings. The predicted octanol–water partition coefficient (Wildman–Crippen LogP) is 3.28. The van der Waals surface area contributed by atoms with Crippen molar-refractivity contribution in [1.29, 1.82) is 0 Å². The van der Waals surface area contributed by atoms with Crippen LogP contribution in [0, 0.1) is 11.8 Å². The smallest absolute Gasteiger partial charge is 0.411 e. The van der Waals surface area contributed by atoms with Gasteiger partial charge in [0, 0.05) is 6.54 Å². The lowest BCUT2D eigenvalue weighted by molar-refractivity contribution is -0.144. The molecule has 1 aliphatic heterocycles. The molecule has 21 heavy (non-hydrogen) atoms. The van der Waals surface area contributed by atoms with Gasteiger partial charge in [0.15, 0.2) is 0 Å². The summed E-state index contributed by atoms with van der Waals surface area (Å²) in [6.07, 6.45) is 6.08. The fourth-order valence-corrected chi connectivity index (χ4v) is 3.71. The van der Waals surface area contributed by atoms with E-state index in [4.69, 9.17) is 4.74 Å². The van der Waals surface area contributed by atoms with Crippen molar-refractivity contribution in [2.24, 2.45) is 11.8 Å². The number of nitrogens with zero attached hydrogens (tertiary/aromatic N) is 1. The number of amides is 1. The lowest BCUT2D eigenvalue weighted by Gasteiger charge is -2.32. The molecule has 120 valence electrons. The topological polar surface area (TPSA) is 66.8 Å². The van der Waals surface area contributed by atoms with Crippen LogP contribution < -0.4 is 0 Å². The van der Waals surface area contributed by atoms with Crippen molar-refractivity contribution in [1.82, 2.24) is 4.90 Å². The summed E-state index contributed by atoms with van der Waals surface area (Å²) in [6, 6.07) is -0.719. The average molecular weight is 297 g/mol. The van der Waals surface area contributed by atoms with Crippen LogP contribution in [-0.2, 0) is 9.53 Å². The van der Waals surface area contributed by atoms with E-state index in [2.05, 4.69) is 0 Å². The second-order valence-corrected chi connectivity index (χ2v) is 7.31. The summed E-state index contributed by atoms with van der Waals surface area (Å²) in [4.78, 5) is 25.4. The Morgan fingerprint density at radius 3 is 2.24 bits per heavy atom. The highest BCUT2D eigenvalue weighted by molar-refractivity contribution is 5.81. The number of likely N-dealkylation sites (tertiary alicyclic amines) is 1. The van der Waals surface area contributed by atoms with Gasteiger partial charge in [-0.1, -0.05) is 32.1 Å². The van der Waals surface area contributed by atoms with E-state index < -0.39 is 23.7 Å². The summed E-state index contributed by atoms with van der Waals surface area (Å²) < 4.78 is 5.36. The Morgan fingerprint density at radius 1 is 1.10 bits per heavy atom. The summed E-state index contributed by atoms with van der Waals surface area (Å²) in [6.45, 7) is 5.90. The third kappa shape index (κ3) is 3.89. The van der Waals surface area contributed by atoms with E-state index in [0.29, 0.717) is 12.5 Å². The highest BCUT2D eigenvalue weighted by atomic mass is 16.6. The molecule has 1 saturated carbocycles. The SMILES string of the molecule is CC(C)(C)OC(=O)N1CC[C@@H](C2CCCCC2)[C@H]1C(=O)O. The minimum absolute atomic E-state index is 0.0790. The van der Waals surface area contributed by atoms with Crippen LogP contribution in [0.2, 0.25) is 0 Å². The van der Waals surface area contributed by atoms with E-state index in [-0.39, 0.29) is 5.92 Å². The zero-order chi connectivity index (χ0) is 15.6. The van der Waals surface area contributed by atoms with E-state index in [1.54, 1.807) is 20.8 Å². The van der Waals surface area contributed by atoms with Crippen molar-refractivity contribution >= 4 is 12.1 Å². The highest BCUT2D eigenvalue weighted by Gasteiger charge is 2.46. The Labute approximate surface area is 126 Å². The molecular formula is C16H27NO4. The maximum absolute atomic E-state index is 12.2. The Hall–Kier alpha value is -1.26. The molecule has 0 spiro atoms. The van der Waals surface area contributed by atoms with Gasteiger partial charge < -0.3 is 9.84 Å². The molecule has 5 heteroatoms. The van der Waals surface area contributed by atoms with E-state index in [0.717, 1.165) is 19.3 Å². The zero-order valence-electron chi connectivity index (χ0n) is 13.3.